The Bertz CT molecular complexity index is 948. The number of hydrogen-bond donors (Lipinski definition) is 1. The molecule has 1 saturated carbocycles. The van der Waals surface area contributed by atoms with Gasteiger partial charge in [0.2, 0.25) is 10.0 Å². The topological polar surface area (TPSA) is 81.7 Å². The number of benzene rings is 2. The molecule has 2 aromatic carbocycles. The normalized spacial score (nSPS) is 15.5. The van der Waals surface area contributed by atoms with Gasteiger partial charge in [-0.2, -0.15) is 0 Å². The summed E-state index contributed by atoms with van der Waals surface area (Å²) in [4.78, 5) is 11.5. The van der Waals surface area contributed by atoms with Crippen LogP contribution in [0.15, 0.2) is 53.4 Å². The number of sulfonamides is 1. The summed E-state index contributed by atoms with van der Waals surface area (Å²) < 4.78 is 38.9. The SMILES string of the molecule is COC(=O)CCCc1ccc(C(NS(=O)(=O)c2ccc(OC)cc2)C2CCCC2)cc1. The van der Waals surface area contributed by atoms with Crippen molar-refractivity contribution in [2.45, 2.75) is 55.9 Å². The van der Waals surface area contributed by atoms with Gasteiger partial charge in [-0.1, -0.05) is 37.1 Å². The van der Waals surface area contributed by atoms with Gasteiger partial charge in [0.05, 0.1) is 19.1 Å². The molecule has 0 heterocycles. The standard InChI is InChI=1S/C24H31NO5S/c1-29-21-14-16-22(17-15-21)31(27,28)25-24(19-7-3-4-8-19)20-12-10-18(11-13-20)6-5-9-23(26)30-2/h10-17,19,24-25H,3-9H2,1-2H3. The van der Waals surface area contributed by atoms with Gasteiger partial charge in [-0.3, -0.25) is 4.79 Å². The molecule has 0 amide bonds. The highest BCUT2D eigenvalue weighted by molar-refractivity contribution is 7.89. The second kappa shape index (κ2) is 10.8. The molecule has 7 heteroatoms. The van der Waals surface area contributed by atoms with Gasteiger partial charge in [0, 0.05) is 12.5 Å². The number of hydrogen-bond acceptors (Lipinski definition) is 5. The summed E-state index contributed by atoms with van der Waals surface area (Å²) in [6.07, 6.45) is 6.16. The van der Waals surface area contributed by atoms with Gasteiger partial charge in [-0.15, -0.1) is 0 Å². The third-order valence-electron chi connectivity index (χ3n) is 5.94. The Hall–Kier alpha value is -2.38. The van der Waals surface area contributed by atoms with Gasteiger partial charge in [0.15, 0.2) is 0 Å². The molecule has 1 aliphatic carbocycles. The molecule has 31 heavy (non-hydrogen) atoms. The summed E-state index contributed by atoms with van der Waals surface area (Å²) in [5.74, 6) is 0.693. The Labute approximate surface area is 185 Å². The van der Waals surface area contributed by atoms with Crippen LogP contribution < -0.4 is 9.46 Å². The third kappa shape index (κ3) is 6.31. The van der Waals surface area contributed by atoms with E-state index in [9.17, 15) is 13.2 Å². The van der Waals surface area contributed by atoms with E-state index in [1.54, 1.807) is 31.4 Å². The van der Waals surface area contributed by atoms with E-state index in [4.69, 9.17) is 4.74 Å². The average molecular weight is 446 g/mol. The van der Waals surface area contributed by atoms with Crippen LogP contribution in [-0.2, 0) is 26.0 Å². The number of carbonyl (C=O) groups is 1. The van der Waals surface area contributed by atoms with Crippen molar-refractivity contribution in [2.75, 3.05) is 14.2 Å². The lowest BCUT2D eigenvalue weighted by Crippen LogP contribution is -2.32. The highest BCUT2D eigenvalue weighted by atomic mass is 32.2. The molecule has 1 unspecified atom stereocenters. The molecule has 0 radical (unpaired) electrons. The maximum Gasteiger partial charge on any atom is 0.305 e. The molecule has 1 atom stereocenters. The summed E-state index contributed by atoms with van der Waals surface area (Å²) in [5.41, 5.74) is 2.09. The largest absolute Gasteiger partial charge is 0.497 e. The van der Waals surface area contributed by atoms with Gasteiger partial charge in [-0.05, 0) is 67.0 Å². The van der Waals surface area contributed by atoms with E-state index in [0.29, 0.717) is 12.2 Å². The average Bonchev–Trinajstić information content (AvgIpc) is 3.32. The van der Waals surface area contributed by atoms with Crippen molar-refractivity contribution in [1.29, 1.82) is 0 Å². The Kier molecular flexibility index (Phi) is 8.09. The van der Waals surface area contributed by atoms with E-state index in [0.717, 1.165) is 49.7 Å². The molecule has 1 aliphatic rings. The maximum atomic E-state index is 13.1. The first-order chi connectivity index (χ1) is 14.9. The Morgan fingerprint density at radius 1 is 1.03 bits per heavy atom. The lowest BCUT2D eigenvalue weighted by Gasteiger charge is -2.25. The Morgan fingerprint density at radius 2 is 1.68 bits per heavy atom. The molecule has 0 saturated heterocycles. The Balaban J connectivity index is 1.75. The second-order valence-electron chi connectivity index (χ2n) is 7.99. The summed E-state index contributed by atoms with van der Waals surface area (Å²) in [6.45, 7) is 0. The van der Waals surface area contributed by atoms with Crippen molar-refractivity contribution >= 4 is 16.0 Å². The first-order valence-corrected chi connectivity index (χ1v) is 12.2. The van der Waals surface area contributed by atoms with Gasteiger partial charge < -0.3 is 9.47 Å². The molecular formula is C24H31NO5S. The zero-order chi connectivity index (χ0) is 22.3. The van der Waals surface area contributed by atoms with Gasteiger partial charge in [-0.25, -0.2) is 13.1 Å². The number of carbonyl (C=O) groups excluding carboxylic acids is 1. The second-order valence-corrected chi connectivity index (χ2v) is 9.70. The first kappa shape index (κ1) is 23.3. The maximum absolute atomic E-state index is 13.1. The van der Waals surface area contributed by atoms with E-state index in [-0.39, 0.29) is 22.8 Å². The van der Waals surface area contributed by atoms with Gasteiger partial charge in [0.25, 0.3) is 0 Å². The van der Waals surface area contributed by atoms with Crippen LogP contribution in [0, 0.1) is 5.92 Å². The minimum absolute atomic E-state index is 0.203. The number of nitrogens with one attached hydrogen (secondary N) is 1. The van der Waals surface area contributed by atoms with Crippen LogP contribution in [0.3, 0.4) is 0 Å². The number of methoxy groups -OCH3 is 2. The number of rotatable bonds is 10. The van der Waals surface area contributed by atoms with E-state index in [2.05, 4.69) is 9.46 Å². The van der Waals surface area contributed by atoms with Crippen molar-refractivity contribution in [3.05, 3.63) is 59.7 Å². The number of esters is 1. The van der Waals surface area contributed by atoms with Crippen molar-refractivity contribution in [1.82, 2.24) is 4.72 Å². The minimum Gasteiger partial charge on any atom is -0.497 e. The van der Waals surface area contributed by atoms with Crippen molar-refractivity contribution < 1.29 is 22.7 Å². The van der Waals surface area contributed by atoms with Gasteiger partial charge in [0.1, 0.15) is 5.75 Å². The third-order valence-corrected chi connectivity index (χ3v) is 7.39. The highest BCUT2D eigenvalue weighted by Gasteiger charge is 2.30. The predicted molar refractivity (Wildman–Crippen MR) is 119 cm³/mol. The molecule has 1 N–H and O–H groups in total. The predicted octanol–water partition coefficient (Wildman–Crippen LogP) is 4.40. The zero-order valence-corrected chi connectivity index (χ0v) is 19.0. The highest BCUT2D eigenvalue weighted by Crippen LogP contribution is 2.37. The monoisotopic (exact) mass is 445 g/mol. The molecule has 0 bridgehead atoms. The van der Waals surface area contributed by atoms with Crippen molar-refractivity contribution in [3.63, 3.8) is 0 Å². The fraction of sp³-hybridized carbons (Fsp3) is 0.458. The van der Waals surface area contributed by atoms with E-state index >= 15 is 0 Å². The number of ether oxygens (including phenoxy) is 2. The van der Waals surface area contributed by atoms with Crippen molar-refractivity contribution in [2.24, 2.45) is 5.92 Å². The van der Waals surface area contributed by atoms with E-state index in [1.165, 1.54) is 7.11 Å². The molecule has 168 valence electrons. The summed E-state index contributed by atoms with van der Waals surface area (Å²) >= 11 is 0. The van der Waals surface area contributed by atoms with Crippen LogP contribution in [0.25, 0.3) is 0 Å². The van der Waals surface area contributed by atoms with E-state index < -0.39 is 10.0 Å². The lowest BCUT2D eigenvalue weighted by atomic mass is 9.91. The van der Waals surface area contributed by atoms with Crippen LogP contribution in [0.4, 0.5) is 0 Å². The Morgan fingerprint density at radius 3 is 2.26 bits per heavy atom. The molecule has 0 aliphatic heterocycles. The fourth-order valence-electron chi connectivity index (χ4n) is 4.15. The quantitative estimate of drug-likeness (QED) is 0.548. The number of aryl methyl sites for hydroxylation is 1. The smallest absolute Gasteiger partial charge is 0.305 e. The van der Waals surface area contributed by atoms with Crippen LogP contribution in [0.5, 0.6) is 5.75 Å². The van der Waals surface area contributed by atoms with Crippen LogP contribution >= 0.6 is 0 Å². The fourth-order valence-corrected chi connectivity index (χ4v) is 5.44. The minimum atomic E-state index is -3.66. The summed E-state index contributed by atoms with van der Waals surface area (Å²) in [7, 11) is -0.715. The summed E-state index contributed by atoms with van der Waals surface area (Å²) in [6, 6.07) is 14.2. The zero-order valence-electron chi connectivity index (χ0n) is 18.2. The molecule has 2 aromatic rings. The van der Waals surface area contributed by atoms with Crippen LogP contribution in [-0.4, -0.2) is 28.6 Å². The molecule has 6 nitrogen and oxygen atoms in total. The molecular weight excluding hydrogens is 414 g/mol. The molecule has 0 spiro atoms. The first-order valence-electron chi connectivity index (χ1n) is 10.7. The summed E-state index contributed by atoms with van der Waals surface area (Å²) in [5, 5.41) is 0. The van der Waals surface area contributed by atoms with Gasteiger partial charge >= 0.3 is 5.97 Å². The van der Waals surface area contributed by atoms with Crippen LogP contribution in [0.2, 0.25) is 0 Å². The molecule has 3 rings (SSSR count). The van der Waals surface area contributed by atoms with Crippen LogP contribution in [0.1, 0.15) is 55.7 Å². The lowest BCUT2D eigenvalue weighted by molar-refractivity contribution is -0.140. The van der Waals surface area contributed by atoms with Crippen molar-refractivity contribution in [3.8, 4) is 5.75 Å². The molecule has 1 fully saturated rings. The van der Waals surface area contributed by atoms with E-state index in [1.807, 2.05) is 24.3 Å². The molecule has 0 aromatic heterocycles.